The lowest BCUT2D eigenvalue weighted by molar-refractivity contribution is -0.125. The summed E-state index contributed by atoms with van der Waals surface area (Å²) in [6.45, 7) is 3.64. The minimum atomic E-state index is -0.622. The van der Waals surface area contributed by atoms with Crippen LogP contribution in [0.2, 0.25) is 0 Å². The highest BCUT2D eigenvalue weighted by atomic mass is 19.1. The zero-order chi connectivity index (χ0) is 17.5. The third-order valence-electron chi connectivity index (χ3n) is 4.08. The van der Waals surface area contributed by atoms with E-state index in [0.717, 1.165) is 5.56 Å². The second kappa shape index (κ2) is 8.60. The van der Waals surface area contributed by atoms with Crippen molar-refractivity contribution in [1.82, 2.24) is 5.32 Å². The van der Waals surface area contributed by atoms with Gasteiger partial charge in [-0.25, -0.2) is 4.39 Å². The second-order valence-corrected chi connectivity index (χ2v) is 6.27. The average Bonchev–Trinajstić information content (AvgIpc) is 2.57. The molecule has 2 aromatic carbocycles. The smallest absolute Gasteiger partial charge is 0.223 e. The molecule has 0 aliphatic rings. The van der Waals surface area contributed by atoms with Gasteiger partial charge >= 0.3 is 0 Å². The van der Waals surface area contributed by atoms with Crippen LogP contribution < -0.4 is 5.32 Å². The SMILES string of the molecule is CC(CC(O)c1ccccc1)NC(=O)C(C)Cc1ccccc1F. The van der Waals surface area contributed by atoms with Gasteiger partial charge in [0, 0.05) is 12.0 Å². The lowest BCUT2D eigenvalue weighted by atomic mass is 9.98. The van der Waals surface area contributed by atoms with Crippen LogP contribution in [0.1, 0.15) is 37.5 Å². The van der Waals surface area contributed by atoms with E-state index in [1.54, 1.807) is 25.1 Å². The van der Waals surface area contributed by atoms with E-state index in [0.29, 0.717) is 18.4 Å². The maximum absolute atomic E-state index is 13.7. The van der Waals surface area contributed by atoms with Gasteiger partial charge in [-0.05, 0) is 37.0 Å². The van der Waals surface area contributed by atoms with Crippen molar-refractivity contribution >= 4 is 5.91 Å². The molecule has 0 saturated carbocycles. The molecule has 128 valence electrons. The molecular formula is C20H24FNO2. The Bertz CT molecular complexity index is 660. The summed E-state index contributed by atoms with van der Waals surface area (Å²) in [5.74, 6) is -0.756. The van der Waals surface area contributed by atoms with Crippen LogP contribution in [0.5, 0.6) is 0 Å². The molecular weight excluding hydrogens is 305 g/mol. The zero-order valence-electron chi connectivity index (χ0n) is 14.1. The van der Waals surface area contributed by atoms with Crippen LogP contribution in [0.15, 0.2) is 54.6 Å². The van der Waals surface area contributed by atoms with E-state index in [2.05, 4.69) is 5.32 Å². The Balaban J connectivity index is 1.85. The Morgan fingerprint density at radius 1 is 1.08 bits per heavy atom. The summed E-state index contributed by atoms with van der Waals surface area (Å²) in [7, 11) is 0. The molecule has 0 aromatic heterocycles. The highest BCUT2D eigenvalue weighted by Crippen LogP contribution is 2.18. The second-order valence-electron chi connectivity index (χ2n) is 6.27. The number of aliphatic hydroxyl groups excluding tert-OH is 1. The normalized spacial score (nSPS) is 14.7. The summed E-state index contributed by atoms with van der Waals surface area (Å²) in [6, 6.07) is 15.7. The lowest BCUT2D eigenvalue weighted by Crippen LogP contribution is -2.38. The molecule has 24 heavy (non-hydrogen) atoms. The van der Waals surface area contributed by atoms with Crippen molar-refractivity contribution in [2.24, 2.45) is 5.92 Å². The summed E-state index contributed by atoms with van der Waals surface area (Å²) < 4.78 is 13.7. The van der Waals surface area contributed by atoms with Gasteiger partial charge in [0.25, 0.3) is 0 Å². The molecule has 0 saturated heterocycles. The Hall–Kier alpha value is -2.20. The molecule has 2 rings (SSSR count). The minimum absolute atomic E-state index is 0.133. The number of amides is 1. The third-order valence-corrected chi connectivity index (χ3v) is 4.08. The molecule has 1 amide bonds. The van der Waals surface area contributed by atoms with Crippen molar-refractivity contribution in [3.05, 3.63) is 71.5 Å². The average molecular weight is 329 g/mol. The minimum Gasteiger partial charge on any atom is -0.388 e. The van der Waals surface area contributed by atoms with Crippen LogP contribution in [0.25, 0.3) is 0 Å². The topological polar surface area (TPSA) is 49.3 Å². The number of benzene rings is 2. The van der Waals surface area contributed by atoms with Gasteiger partial charge in [0.05, 0.1) is 6.10 Å². The number of carbonyl (C=O) groups excluding carboxylic acids is 1. The number of nitrogens with one attached hydrogen (secondary N) is 1. The number of aliphatic hydroxyl groups is 1. The Morgan fingerprint density at radius 2 is 1.71 bits per heavy atom. The van der Waals surface area contributed by atoms with E-state index in [9.17, 15) is 14.3 Å². The summed E-state index contributed by atoms with van der Waals surface area (Å²) in [6.07, 6.45) is 0.164. The molecule has 0 fully saturated rings. The fourth-order valence-corrected chi connectivity index (χ4v) is 2.68. The van der Waals surface area contributed by atoms with Crippen molar-refractivity contribution in [2.75, 3.05) is 0 Å². The number of carbonyl (C=O) groups is 1. The molecule has 3 atom stereocenters. The Labute approximate surface area is 142 Å². The number of hydrogen-bond donors (Lipinski definition) is 2. The Kier molecular flexibility index (Phi) is 6.50. The quantitative estimate of drug-likeness (QED) is 0.815. The molecule has 0 radical (unpaired) electrons. The van der Waals surface area contributed by atoms with Gasteiger partial charge < -0.3 is 10.4 Å². The number of rotatable bonds is 7. The van der Waals surface area contributed by atoms with E-state index < -0.39 is 6.10 Å². The summed E-state index contributed by atoms with van der Waals surface area (Å²) >= 11 is 0. The van der Waals surface area contributed by atoms with Crippen LogP contribution in [0, 0.1) is 11.7 Å². The van der Waals surface area contributed by atoms with Crippen molar-refractivity contribution in [3.63, 3.8) is 0 Å². The molecule has 0 spiro atoms. The van der Waals surface area contributed by atoms with Crippen molar-refractivity contribution in [2.45, 2.75) is 38.8 Å². The van der Waals surface area contributed by atoms with E-state index in [1.807, 2.05) is 37.3 Å². The van der Waals surface area contributed by atoms with Crippen LogP contribution in [0.4, 0.5) is 4.39 Å². The predicted octanol–water partition coefficient (Wildman–Crippen LogP) is 3.63. The number of hydrogen-bond acceptors (Lipinski definition) is 2. The van der Waals surface area contributed by atoms with Gasteiger partial charge in [-0.1, -0.05) is 55.5 Å². The fraction of sp³-hybridized carbons (Fsp3) is 0.350. The van der Waals surface area contributed by atoms with Crippen molar-refractivity contribution < 1.29 is 14.3 Å². The molecule has 0 bridgehead atoms. The van der Waals surface area contributed by atoms with E-state index in [-0.39, 0.29) is 23.7 Å². The first kappa shape index (κ1) is 18.1. The first-order valence-corrected chi connectivity index (χ1v) is 8.24. The van der Waals surface area contributed by atoms with Gasteiger partial charge in [-0.15, -0.1) is 0 Å². The molecule has 3 nitrogen and oxygen atoms in total. The maximum atomic E-state index is 13.7. The highest BCUT2D eigenvalue weighted by molar-refractivity contribution is 5.78. The number of halogens is 1. The van der Waals surface area contributed by atoms with Gasteiger partial charge in [-0.3, -0.25) is 4.79 Å². The van der Waals surface area contributed by atoms with Gasteiger partial charge in [0.1, 0.15) is 5.82 Å². The van der Waals surface area contributed by atoms with Gasteiger partial charge in [0.2, 0.25) is 5.91 Å². The highest BCUT2D eigenvalue weighted by Gasteiger charge is 2.19. The summed E-state index contributed by atoms with van der Waals surface area (Å²) in [5, 5.41) is 13.1. The first-order valence-electron chi connectivity index (χ1n) is 8.24. The largest absolute Gasteiger partial charge is 0.388 e. The van der Waals surface area contributed by atoms with E-state index >= 15 is 0 Å². The first-order chi connectivity index (χ1) is 11.5. The summed E-state index contributed by atoms with van der Waals surface area (Å²) in [4.78, 5) is 12.3. The standard InChI is InChI=1S/C20H24FNO2/c1-14(12-17-10-6-7-11-18(17)21)20(24)22-15(2)13-19(23)16-8-4-3-5-9-16/h3-11,14-15,19,23H,12-13H2,1-2H3,(H,22,24). The molecule has 0 aliphatic carbocycles. The summed E-state index contributed by atoms with van der Waals surface area (Å²) in [5.41, 5.74) is 1.37. The van der Waals surface area contributed by atoms with Gasteiger partial charge in [-0.2, -0.15) is 0 Å². The monoisotopic (exact) mass is 329 g/mol. The Morgan fingerprint density at radius 3 is 2.38 bits per heavy atom. The molecule has 3 unspecified atom stereocenters. The molecule has 2 aromatic rings. The molecule has 4 heteroatoms. The van der Waals surface area contributed by atoms with Crippen molar-refractivity contribution in [1.29, 1.82) is 0 Å². The van der Waals surface area contributed by atoms with Crippen LogP contribution in [0.3, 0.4) is 0 Å². The lowest BCUT2D eigenvalue weighted by Gasteiger charge is -2.20. The van der Waals surface area contributed by atoms with E-state index in [1.165, 1.54) is 6.07 Å². The predicted molar refractivity (Wildman–Crippen MR) is 92.9 cm³/mol. The molecule has 0 heterocycles. The third kappa shape index (κ3) is 5.17. The maximum Gasteiger partial charge on any atom is 0.223 e. The van der Waals surface area contributed by atoms with Crippen molar-refractivity contribution in [3.8, 4) is 0 Å². The molecule has 2 N–H and O–H groups in total. The van der Waals surface area contributed by atoms with E-state index in [4.69, 9.17) is 0 Å². The molecule has 0 aliphatic heterocycles. The zero-order valence-corrected chi connectivity index (χ0v) is 14.1. The fourth-order valence-electron chi connectivity index (χ4n) is 2.68. The van der Waals surface area contributed by atoms with Crippen LogP contribution in [-0.2, 0) is 11.2 Å². The van der Waals surface area contributed by atoms with Crippen LogP contribution in [-0.4, -0.2) is 17.1 Å². The van der Waals surface area contributed by atoms with Gasteiger partial charge in [0.15, 0.2) is 0 Å². The van der Waals surface area contributed by atoms with Crippen LogP contribution >= 0.6 is 0 Å².